The van der Waals surface area contributed by atoms with E-state index >= 15 is 0 Å². The molecule has 0 radical (unpaired) electrons. The SMILES string of the molecule is O=C(CS(=O)(=O)c1cccs1)c1sccc1Br. The Morgan fingerprint density at radius 1 is 1.24 bits per heavy atom. The van der Waals surface area contributed by atoms with E-state index < -0.39 is 15.6 Å². The van der Waals surface area contributed by atoms with Crippen LogP contribution in [0.5, 0.6) is 0 Å². The second-order valence-corrected chi connectivity index (χ2v) is 8.15. The molecule has 0 aromatic carbocycles. The fraction of sp³-hybridized carbons (Fsp3) is 0.100. The first-order valence-electron chi connectivity index (χ1n) is 4.53. The Morgan fingerprint density at radius 2 is 2.00 bits per heavy atom. The Hall–Kier alpha value is -0.500. The Kier molecular flexibility index (Phi) is 3.82. The summed E-state index contributed by atoms with van der Waals surface area (Å²) in [6.45, 7) is 0. The second-order valence-electron chi connectivity index (χ2n) is 3.21. The summed E-state index contributed by atoms with van der Waals surface area (Å²) in [6.07, 6.45) is 0. The standard InChI is InChI=1S/C10H7BrO3S3/c11-7-3-5-16-10(7)8(12)6-17(13,14)9-2-1-4-15-9/h1-5H,6H2. The zero-order valence-corrected chi connectivity index (χ0v) is 12.5. The molecule has 0 amide bonds. The van der Waals surface area contributed by atoms with E-state index in [-0.39, 0.29) is 9.99 Å². The van der Waals surface area contributed by atoms with Crippen molar-refractivity contribution >= 4 is 54.2 Å². The fourth-order valence-corrected chi connectivity index (χ4v) is 5.16. The topological polar surface area (TPSA) is 51.2 Å². The molecular formula is C10H7BrO3S3. The number of hydrogen-bond acceptors (Lipinski definition) is 5. The molecule has 2 heterocycles. The maximum atomic E-state index is 11.9. The van der Waals surface area contributed by atoms with Gasteiger partial charge in [0.1, 0.15) is 9.96 Å². The van der Waals surface area contributed by atoms with E-state index in [2.05, 4.69) is 15.9 Å². The largest absolute Gasteiger partial charge is 0.292 e. The summed E-state index contributed by atoms with van der Waals surface area (Å²) in [5.41, 5.74) is 0. The van der Waals surface area contributed by atoms with E-state index in [0.717, 1.165) is 11.3 Å². The molecule has 0 N–H and O–H groups in total. The van der Waals surface area contributed by atoms with Crippen molar-refractivity contribution in [1.29, 1.82) is 0 Å². The third-order valence-corrected chi connectivity index (χ3v) is 6.98. The van der Waals surface area contributed by atoms with E-state index in [1.54, 1.807) is 22.9 Å². The smallest absolute Gasteiger partial charge is 0.195 e. The first kappa shape index (κ1) is 12.9. The van der Waals surface area contributed by atoms with Gasteiger partial charge in [0.05, 0.1) is 4.88 Å². The molecule has 2 aromatic rings. The fourth-order valence-electron chi connectivity index (χ4n) is 1.24. The van der Waals surface area contributed by atoms with Crippen LogP contribution in [0.4, 0.5) is 0 Å². The Morgan fingerprint density at radius 3 is 2.53 bits per heavy atom. The van der Waals surface area contributed by atoms with Crippen molar-refractivity contribution in [2.24, 2.45) is 0 Å². The van der Waals surface area contributed by atoms with Gasteiger partial charge in [-0.15, -0.1) is 22.7 Å². The number of thiophene rings is 2. The molecule has 90 valence electrons. The van der Waals surface area contributed by atoms with Gasteiger partial charge in [-0.25, -0.2) is 8.42 Å². The lowest BCUT2D eigenvalue weighted by Crippen LogP contribution is -2.14. The third-order valence-electron chi connectivity index (χ3n) is 1.99. The third kappa shape index (κ3) is 2.85. The molecule has 0 aliphatic carbocycles. The summed E-state index contributed by atoms with van der Waals surface area (Å²) in [4.78, 5) is 12.3. The van der Waals surface area contributed by atoms with Gasteiger partial charge in [0.25, 0.3) is 0 Å². The average Bonchev–Trinajstić information content (AvgIpc) is 2.85. The van der Waals surface area contributed by atoms with Crippen LogP contribution in [-0.4, -0.2) is 20.0 Å². The van der Waals surface area contributed by atoms with Gasteiger partial charge in [0.15, 0.2) is 15.6 Å². The van der Waals surface area contributed by atoms with Crippen molar-refractivity contribution in [3.8, 4) is 0 Å². The number of sulfone groups is 1. The summed E-state index contributed by atoms with van der Waals surface area (Å²) >= 11 is 5.58. The van der Waals surface area contributed by atoms with Crippen LogP contribution in [0.15, 0.2) is 37.6 Å². The quantitative estimate of drug-likeness (QED) is 0.795. The molecule has 0 aliphatic rings. The Labute approximate surface area is 115 Å². The molecule has 7 heteroatoms. The van der Waals surface area contributed by atoms with Crippen LogP contribution >= 0.6 is 38.6 Å². The number of Topliss-reactive ketones (excluding diaryl/α,β-unsaturated/α-hetero) is 1. The van der Waals surface area contributed by atoms with Gasteiger partial charge in [0.2, 0.25) is 0 Å². The Balaban J connectivity index is 2.23. The van der Waals surface area contributed by atoms with E-state index in [9.17, 15) is 13.2 Å². The van der Waals surface area contributed by atoms with E-state index in [4.69, 9.17) is 0 Å². The zero-order chi connectivity index (χ0) is 12.5. The van der Waals surface area contributed by atoms with E-state index in [1.807, 2.05) is 0 Å². The van der Waals surface area contributed by atoms with Gasteiger partial charge < -0.3 is 0 Å². The minimum absolute atomic E-state index is 0.235. The molecule has 0 atom stereocenters. The summed E-state index contributed by atoms with van der Waals surface area (Å²) < 4.78 is 24.7. The van der Waals surface area contributed by atoms with Crippen LogP contribution in [0.2, 0.25) is 0 Å². The lowest BCUT2D eigenvalue weighted by Gasteiger charge is -2.00. The summed E-state index contributed by atoms with van der Waals surface area (Å²) in [7, 11) is -3.50. The molecule has 0 unspecified atom stereocenters. The monoisotopic (exact) mass is 350 g/mol. The van der Waals surface area contributed by atoms with Gasteiger partial charge in [-0.2, -0.15) is 0 Å². The predicted molar refractivity (Wildman–Crippen MR) is 72.7 cm³/mol. The number of hydrogen-bond donors (Lipinski definition) is 0. The van der Waals surface area contributed by atoms with Gasteiger partial charge in [-0.1, -0.05) is 6.07 Å². The lowest BCUT2D eigenvalue weighted by atomic mass is 10.3. The molecule has 0 aliphatic heterocycles. The van der Waals surface area contributed by atoms with Crippen molar-refractivity contribution in [2.75, 3.05) is 5.75 Å². The maximum Gasteiger partial charge on any atom is 0.195 e. The zero-order valence-electron chi connectivity index (χ0n) is 8.42. The van der Waals surface area contributed by atoms with Gasteiger partial charge in [-0.3, -0.25) is 4.79 Å². The molecule has 0 saturated carbocycles. The second kappa shape index (κ2) is 5.01. The van der Waals surface area contributed by atoms with Crippen molar-refractivity contribution in [3.63, 3.8) is 0 Å². The molecule has 2 rings (SSSR count). The molecule has 0 spiro atoms. The Bertz CT molecular complexity index is 626. The van der Waals surface area contributed by atoms with Crippen LogP contribution in [0.3, 0.4) is 0 Å². The van der Waals surface area contributed by atoms with E-state index in [0.29, 0.717) is 9.35 Å². The molecule has 0 bridgehead atoms. The van der Waals surface area contributed by atoms with Gasteiger partial charge >= 0.3 is 0 Å². The minimum Gasteiger partial charge on any atom is -0.292 e. The number of carbonyl (C=O) groups excluding carboxylic acids is 1. The highest BCUT2D eigenvalue weighted by atomic mass is 79.9. The molecule has 2 aromatic heterocycles. The van der Waals surface area contributed by atoms with Crippen molar-refractivity contribution < 1.29 is 13.2 Å². The van der Waals surface area contributed by atoms with Crippen molar-refractivity contribution in [1.82, 2.24) is 0 Å². The summed E-state index contributed by atoms with van der Waals surface area (Å²) in [5.74, 6) is -0.854. The lowest BCUT2D eigenvalue weighted by molar-refractivity contribution is 0.102. The number of rotatable bonds is 4. The minimum atomic E-state index is -3.50. The van der Waals surface area contributed by atoms with Crippen molar-refractivity contribution in [2.45, 2.75) is 4.21 Å². The maximum absolute atomic E-state index is 11.9. The van der Waals surface area contributed by atoms with Crippen LogP contribution in [0.25, 0.3) is 0 Å². The van der Waals surface area contributed by atoms with Gasteiger partial charge in [-0.05, 0) is 38.8 Å². The van der Waals surface area contributed by atoms with Crippen LogP contribution in [-0.2, 0) is 9.84 Å². The number of carbonyl (C=O) groups is 1. The van der Waals surface area contributed by atoms with E-state index in [1.165, 1.54) is 17.4 Å². The number of halogens is 1. The molecule has 0 saturated heterocycles. The molecular weight excluding hydrogens is 344 g/mol. The summed E-state index contributed by atoms with van der Waals surface area (Å²) in [5, 5.41) is 3.42. The van der Waals surface area contributed by atoms with Crippen molar-refractivity contribution in [3.05, 3.63) is 38.3 Å². The predicted octanol–water partition coefficient (Wildman–Crippen LogP) is 3.23. The first-order valence-corrected chi connectivity index (χ1v) is 8.73. The first-order chi connectivity index (χ1) is 8.00. The highest BCUT2D eigenvalue weighted by Gasteiger charge is 2.23. The van der Waals surface area contributed by atoms with Crippen LogP contribution in [0, 0.1) is 0 Å². The average molecular weight is 351 g/mol. The highest BCUT2D eigenvalue weighted by molar-refractivity contribution is 9.10. The number of ketones is 1. The molecule has 17 heavy (non-hydrogen) atoms. The summed E-state index contributed by atoms with van der Waals surface area (Å²) in [6, 6.07) is 4.90. The van der Waals surface area contributed by atoms with Gasteiger partial charge in [0, 0.05) is 4.47 Å². The highest BCUT2D eigenvalue weighted by Crippen LogP contribution is 2.25. The normalized spacial score (nSPS) is 11.6. The van der Waals surface area contributed by atoms with Crippen LogP contribution < -0.4 is 0 Å². The molecule has 3 nitrogen and oxygen atoms in total. The van der Waals surface area contributed by atoms with Crippen LogP contribution in [0.1, 0.15) is 9.67 Å². The molecule has 0 fully saturated rings.